The van der Waals surface area contributed by atoms with E-state index in [1.54, 1.807) is 7.05 Å². The lowest BCUT2D eigenvalue weighted by Crippen LogP contribution is -2.45. The van der Waals surface area contributed by atoms with Crippen LogP contribution >= 0.6 is 0 Å². The molecule has 1 heterocycles. The molecule has 6 nitrogen and oxygen atoms in total. The molecule has 1 saturated heterocycles. The SMILES string of the molecule is CC(NC(=O)N(C)CCCC(=O)O)C1CCOC1. The highest BCUT2D eigenvalue weighted by Gasteiger charge is 2.24. The van der Waals surface area contributed by atoms with Crippen LogP contribution < -0.4 is 5.32 Å². The van der Waals surface area contributed by atoms with Crippen molar-refractivity contribution >= 4 is 12.0 Å². The molecule has 18 heavy (non-hydrogen) atoms. The quantitative estimate of drug-likeness (QED) is 0.742. The Morgan fingerprint density at radius 2 is 2.28 bits per heavy atom. The first kappa shape index (κ1) is 14.8. The predicted molar refractivity (Wildman–Crippen MR) is 66.4 cm³/mol. The lowest BCUT2D eigenvalue weighted by atomic mass is 10.0. The molecule has 2 N–H and O–H groups in total. The van der Waals surface area contributed by atoms with Gasteiger partial charge >= 0.3 is 12.0 Å². The Bertz CT molecular complexity index is 290. The van der Waals surface area contributed by atoms with Gasteiger partial charge < -0.3 is 20.1 Å². The number of carboxylic acid groups (broad SMARTS) is 1. The van der Waals surface area contributed by atoms with E-state index in [1.807, 2.05) is 6.92 Å². The van der Waals surface area contributed by atoms with Gasteiger partial charge in [-0.2, -0.15) is 0 Å². The largest absolute Gasteiger partial charge is 0.481 e. The summed E-state index contributed by atoms with van der Waals surface area (Å²) >= 11 is 0. The van der Waals surface area contributed by atoms with Crippen LogP contribution in [0.25, 0.3) is 0 Å². The second-order valence-electron chi connectivity index (χ2n) is 4.78. The summed E-state index contributed by atoms with van der Waals surface area (Å²) in [5.41, 5.74) is 0. The van der Waals surface area contributed by atoms with E-state index < -0.39 is 5.97 Å². The van der Waals surface area contributed by atoms with Gasteiger partial charge in [0.25, 0.3) is 0 Å². The third-order valence-corrected chi connectivity index (χ3v) is 3.25. The number of aliphatic carboxylic acids is 1. The van der Waals surface area contributed by atoms with Gasteiger partial charge in [-0.3, -0.25) is 4.79 Å². The van der Waals surface area contributed by atoms with Crippen LogP contribution in [0, 0.1) is 5.92 Å². The second-order valence-corrected chi connectivity index (χ2v) is 4.78. The van der Waals surface area contributed by atoms with Crippen molar-refractivity contribution in [3.8, 4) is 0 Å². The van der Waals surface area contributed by atoms with Crippen molar-refractivity contribution in [1.29, 1.82) is 0 Å². The Kier molecular flexibility index (Phi) is 5.91. The molecule has 0 spiro atoms. The van der Waals surface area contributed by atoms with Gasteiger partial charge in [0, 0.05) is 38.6 Å². The van der Waals surface area contributed by atoms with E-state index in [1.165, 1.54) is 4.90 Å². The number of carbonyl (C=O) groups excluding carboxylic acids is 1. The summed E-state index contributed by atoms with van der Waals surface area (Å²) in [5, 5.41) is 11.4. The first-order valence-corrected chi connectivity index (χ1v) is 6.32. The number of amides is 2. The first-order valence-electron chi connectivity index (χ1n) is 6.32. The fraction of sp³-hybridized carbons (Fsp3) is 0.833. The maximum Gasteiger partial charge on any atom is 0.317 e. The molecule has 0 aromatic rings. The van der Waals surface area contributed by atoms with Gasteiger partial charge in [0.05, 0.1) is 6.61 Å². The summed E-state index contributed by atoms with van der Waals surface area (Å²) in [7, 11) is 1.68. The molecule has 0 radical (unpaired) electrons. The molecule has 6 heteroatoms. The summed E-state index contributed by atoms with van der Waals surface area (Å²) in [6.45, 7) is 3.89. The van der Waals surface area contributed by atoms with Gasteiger partial charge in [0.2, 0.25) is 0 Å². The van der Waals surface area contributed by atoms with Crippen LogP contribution in [0.15, 0.2) is 0 Å². The van der Waals surface area contributed by atoms with E-state index in [0.717, 1.165) is 13.0 Å². The molecule has 1 aliphatic heterocycles. The van der Waals surface area contributed by atoms with Crippen molar-refractivity contribution < 1.29 is 19.4 Å². The minimum absolute atomic E-state index is 0.0851. The summed E-state index contributed by atoms with van der Waals surface area (Å²) in [6, 6.07) is -0.0679. The molecule has 104 valence electrons. The minimum atomic E-state index is -0.833. The molecule has 2 amide bonds. The molecular weight excluding hydrogens is 236 g/mol. The van der Waals surface area contributed by atoms with Gasteiger partial charge in [-0.15, -0.1) is 0 Å². The standard InChI is InChI=1S/C12H22N2O4/c1-9(10-5-7-18-8-10)13-12(17)14(2)6-3-4-11(15)16/h9-10H,3-8H2,1-2H3,(H,13,17)(H,15,16). The van der Waals surface area contributed by atoms with Crippen molar-refractivity contribution in [1.82, 2.24) is 10.2 Å². The van der Waals surface area contributed by atoms with Crippen LogP contribution in [0.3, 0.4) is 0 Å². The van der Waals surface area contributed by atoms with Crippen LogP contribution in [-0.4, -0.2) is 54.9 Å². The zero-order valence-electron chi connectivity index (χ0n) is 11.0. The summed E-state index contributed by atoms with van der Waals surface area (Å²) in [6.07, 6.45) is 1.54. The number of nitrogens with zero attached hydrogens (tertiary/aromatic N) is 1. The molecule has 1 aliphatic rings. The lowest BCUT2D eigenvalue weighted by molar-refractivity contribution is -0.137. The second kappa shape index (κ2) is 7.20. The zero-order valence-corrected chi connectivity index (χ0v) is 11.0. The fourth-order valence-electron chi connectivity index (χ4n) is 1.94. The number of hydrogen-bond acceptors (Lipinski definition) is 3. The van der Waals surface area contributed by atoms with Crippen molar-refractivity contribution in [3.05, 3.63) is 0 Å². The van der Waals surface area contributed by atoms with Crippen LogP contribution in [-0.2, 0) is 9.53 Å². The Labute approximate surface area is 107 Å². The maximum absolute atomic E-state index is 11.8. The van der Waals surface area contributed by atoms with Crippen molar-refractivity contribution in [2.24, 2.45) is 5.92 Å². The first-order chi connectivity index (χ1) is 8.50. The van der Waals surface area contributed by atoms with Crippen molar-refractivity contribution in [2.75, 3.05) is 26.8 Å². The smallest absolute Gasteiger partial charge is 0.317 e. The summed E-state index contributed by atoms with van der Waals surface area (Å²) in [4.78, 5) is 23.7. The van der Waals surface area contributed by atoms with E-state index in [9.17, 15) is 9.59 Å². The molecule has 1 rings (SSSR count). The number of urea groups is 1. The number of rotatable bonds is 6. The molecule has 0 aromatic carbocycles. The van der Waals surface area contributed by atoms with Crippen LogP contribution in [0.4, 0.5) is 4.79 Å². The molecule has 1 fully saturated rings. The van der Waals surface area contributed by atoms with E-state index >= 15 is 0 Å². The van der Waals surface area contributed by atoms with Gasteiger partial charge in [-0.1, -0.05) is 0 Å². The number of hydrogen-bond donors (Lipinski definition) is 2. The Morgan fingerprint density at radius 3 is 2.83 bits per heavy atom. The van der Waals surface area contributed by atoms with E-state index in [2.05, 4.69) is 5.32 Å². The topological polar surface area (TPSA) is 78.9 Å². The van der Waals surface area contributed by atoms with Crippen LogP contribution in [0.2, 0.25) is 0 Å². The summed E-state index contributed by atoms with van der Waals surface area (Å²) < 4.78 is 5.28. The van der Waals surface area contributed by atoms with Crippen LogP contribution in [0.5, 0.6) is 0 Å². The lowest BCUT2D eigenvalue weighted by Gasteiger charge is -2.24. The van der Waals surface area contributed by atoms with Crippen LogP contribution in [0.1, 0.15) is 26.2 Å². The zero-order chi connectivity index (χ0) is 13.5. The Morgan fingerprint density at radius 1 is 1.56 bits per heavy atom. The van der Waals surface area contributed by atoms with Gasteiger partial charge in [0.15, 0.2) is 0 Å². The summed E-state index contributed by atoms with van der Waals surface area (Å²) in [5.74, 6) is -0.457. The third-order valence-electron chi connectivity index (χ3n) is 3.25. The predicted octanol–water partition coefficient (Wildman–Crippen LogP) is 0.918. The van der Waals surface area contributed by atoms with Gasteiger partial charge in [0.1, 0.15) is 0 Å². The van der Waals surface area contributed by atoms with Gasteiger partial charge in [-0.25, -0.2) is 4.79 Å². The maximum atomic E-state index is 11.8. The number of ether oxygens (including phenoxy) is 1. The van der Waals surface area contributed by atoms with E-state index in [-0.39, 0.29) is 18.5 Å². The highest BCUT2D eigenvalue weighted by atomic mass is 16.5. The fourth-order valence-corrected chi connectivity index (χ4v) is 1.94. The number of nitrogens with one attached hydrogen (secondary N) is 1. The van der Waals surface area contributed by atoms with Gasteiger partial charge in [-0.05, 0) is 19.8 Å². The van der Waals surface area contributed by atoms with Crippen molar-refractivity contribution in [2.45, 2.75) is 32.2 Å². The van der Waals surface area contributed by atoms with Crippen molar-refractivity contribution in [3.63, 3.8) is 0 Å². The van der Waals surface area contributed by atoms with E-state index in [0.29, 0.717) is 25.5 Å². The number of carboxylic acids is 1. The Hall–Kier alpha value is -1.30. The molecular formula is C12H22N2O4. The minimum Gasteiger partial charge on any atom is -0.481 e. The normalized spacial score (nSPS) is 20.4. The number of carbonyl (C=O) groups is 2. The molecule has 0 saturated carbocycles. The monoisotopic (exact) mass is 258 g/mol. The molecule has 2 unspecified atom stereocenters. The molecule has 0 aliphatic carbocycles. The average molecular weight is 258 g/mol. The molecule has 0 aromatic heterocycles. The highest BCUT2D eigenvalue weighted by Crippen LogP contribution is 2.16. The Balaban J connectivity index is 2.23. The average Bonchev–Trinajstić information content (AvgIpc) is 2.81. The third kappa shape index (κ3) is 4.91. The van der Waals surface area contributed by atoms with E-state index in [4.69, 9.17) is 9.84 Å². The highest BCUT2D eigenvalue weighted by molar-refractivity contribution is 5.74. The molecule has 0 bridgehead atoms. The molecule has 2 atom stereocenters.